The van der Waals surface area contributed by atoms with Crippen molar-refractivity contribution in [2.24, 2.45) is 0 Å². The van der Waals surface area contributed by atoms with E-state index in [1.807, 2.05) is 31.2 Å². The van der Waals surface area contributed by atoms with Gasteiger partial charge in [-0.3, -0.25) is 0 Å². The third-order valence-electron chi connectivity index (χ3n) is 6.24. The molecule has 5 heteroatoms. The van der Waals surface area contributed by atoms with E-state index in [-0.39, 0.29) is 5.97 Å². The van der Waals surface area contributed by atoms with Crippen molar-refractivity contribution in [1.82, 2.24) is 4.57 Å². The molecule has 194 valence electrons. The van der Waals surface area contributed by atoms with Crippen LogP contribution in [0.3, 0.4) is 0 Å². The second-order valence-electron chi connectivity index (χ2n) is 9.59. The third-order valence-corrected chi connectivity index (χ3v) is 6.24. The Morgan fingerprint density at radius 3 is 2.17 bits per heavy atom. The summed E-state index contributed by atoms with van der Waals surface area (Å²) < 4.78 is 19.3. The summed E-state index contributed by atoms with van der Waals surface area (Å²) >= 11 is 0. The smallest absolute Gasteiger partial charge is 0.335 e. The normalized spacial score (nSPS) is 12.2. The maximum atomic E-state index is 12.1. The first-order valence-electron chi connectivity index (χ1n) is 13.1. The molecule has 1 aromatic heterocycles. The first kappa shape index (κ1) is 27.5. The fourth-order valence-electron chi connectivity index (χ4n) is 4.62. The van der Waals surface area contributed by atoms with Crippen LogP contribution in [-0.2, 0) is 27.2 Å². The van der Waals surface area contributed by atoms with Crippen LogP contribution in [0.4, 0.5) is 0 Å². The maximum Gasteiger partial charge on any atom is 0.335 e. The van der Waals surface area contributed by atoms with E-state index >= 15 is 0 Å². The Labute approximate surface area is 216 Å². The molecule has 0 bridgehead atoms. The van der Waals surface area contributed by atoms with Gasteiger partial charge in [0.15, 0.2) is 6.10 Å². The lowest BCUT2D eigenvalue weighted by Crippen LogP contribution is -2.28. The van der Waals surface area contributed by atoms with Crippen LogP contribution in [-0.4, -0.2) is 36.5 Å². The Bertz CT molecular complexity index is 1080. The monoisotopic (exact) mass is 491 g/mol. The van der Waals surface area contributed by atoms with Gasteiger partial charge in [-0.1, -0.05) is 70.2 Å². The van der Waals surface area contributed by atoms with E-state index in [1.165, 1.54) is 22.5 Å². The Balaban J connectivity index is 1.70. The molecule has 0 aliphatic carbocycles. The van der Waals surface area contributed by atoms with Gasteiger partial charge in [0.2, 0.25) is 0 Å². The molecule has 36 heavy (non-hydrogen) atoms. The molecule has 0 unspecified atom stereocenters. The van der Waals surface area contributed by atoms with Gasteiger partial charge in [-0.2, -0.15) is 0 Å². The fraction of sp³-hybridized carbons (Fsp3) is 0.452. The number of benzene rings is 2. The van der Waals surface area contributed by atoms with Crippen molar-refractivity contribution >= 4 is 5.97 Å². The summed E-state index contributed by atoms with van der Waals surface area (Å²) in [6, 6.07) is 20.9. The third kappa shape index (κ3) is 7.01. The largest absolute Gasteiger partial charge is 0.492 e. The van der Waals surface area contributed by atoms with E-state index < -0.39 is 6.10 Å². The molecule has 2 aromatic carbocycles. The Morgan fingerprint density at radius 2 is 1.58 bits per heavy atom. The van der Waals surface area contributed by atoms with Crippen LogP contribution in [0.25, 0.3) is 11.1 Å². The van der Waals surface area contributed by atoms with Crippen LogP contribution >= 0.6 is 0 Å². The summed E-state index contributed by atoms with van der Waals surface area (Å²) in [5.74, 6) is 1.31. The Hall–Kier alpha value is -3.05. The molecule has 0 N–H and O–H groups in total. The molecule has 3 rings (SSSR count). The number of carbonyl (C=O) groups is 1. The molecule has 0 fully saturated rings. The van der Waals surface area contributed by atoms with Gasteiger partial charge in [-0.15, -0.1) is 0 Å². The van der Waals surface area contributed by atoms with Gasteiger partial charge in [0.05, 0.1) is 13.2 Å². The van der Waals surface area contributed by atoms with E-state index in [2.05, 4.69) is 68.7 Å². The van der Waals surface area contributed by atoms with Crippen LogP contribution in [0.2, 0.25) is 0 Å². The van der Waals surface area contributed by atoms with Crippen molar-refractivity contribution in [2.45, 2.75) is 72.4 Å². The highest BCUT2D eigenvalue weighted by Gasteiger charge is 2.21. The van der Waals surface area contributed by atoms with Gasteiger partial charge in [0.1, 0.15) is 12.4 Å². The molecular weight excluding hydrogens is 450 g/mol. The predicted molar refractivity (Wildman–Crippen MR) is 146 cm³/mol. The molecule has 0 aliphatic heterocycles. The first-order valence-corrected chi connectivity index (χ1v) is 13.1. The number of hydrogen-bond donors (Lipinski definition) is 0. The molecule has 5 nitrogen and oxygen atoms in total. The Morgan fingerprint density at radius 1 is 0.889 bits per heavy atom. The highest BCUT2D eigenvalue weighted by atomic mass is 16.6. The van der Waals surface area contributed by atoms with Gasteiger partial charge in [0, 0.05) is 30.0 Å². The average Bonchev–Trinajstić information content (AvgIpc) is 3.25. The van der Waals surface area contributed by atoms with Crippen LogP contribution < -0.4 is 4.74 Å². The molecule has 0 spiro atoms. The van der Waals surface area contributed by atoms with E-state index in [0.717, 1.165) is 17.9 Å². The molecule has 0 radical (unpaired) electrons. The minimum Gasteiger partial charge on any atom is -0.492 e. The minimum absolute atomic E-state index is 0.316. The number of ether oxygens (including phenoxy) is 3. The van der Waals surface area contributed by atoms with E-state index in [1.54, 1.807) is 6.92 Å². The zero-order chi connectivity index (χ0) is 26.1. The quantitative estimate of drug-likeness (QED) is 0.242. The van der Waals surface area contributed by atoms with Crippen molar-refractivity contribution < 1.29 is 19.0 Å². The highest BCUT2D eigenvalue weighted by Crippen LogP contribution is 2.35. The summed E-state index contributed by atoms with van der Waals surface area (Å²) in [7, 11) is 0. The lowest BCUT2D eigenvalue weighted by atomic mass is 9.99. The number of rotatable bonds is 13. The van der Waals surface area contributed by atoms with Crippen LogP contribution in [0.15, 0.2) is 60.7 Å². The first-order chi connectivity index (χ1) is 17.3. The molecule has 1 heterocycles. The SMILES string of the molecule is CCOC(=O)[C@H](Cc1ccc(OCCn2c(C(C)C)cc(-c3ccccc3)c2C(C)C)cc1)OCC. The summed E-state index contributed by atoms with van der Waals surface area (Å²) in [4.78, 5) is 12.1. The van der Waals surface area contributed by atoms with Crippen LogP contribution in [0.5, 0.6) is 5.75 Å². The van der Waals surface area contributed by atoms with Crippen molar-refractivity contribution in [2.75, 3.05) is 19.8 Å². The van der Waals surface area contributed by atoms with E-state index in [9.17, 15) is 4.79 Å². The summed E-state index contributed by atoms with van der Waals surface area (Å²) in [6.07, 6.45) is -0.105. The van der Waals surface area contributed by atoms with Crippen molar-refractivity contribution in [3.8, 4) is 16.9 Å². The lowest BCUT2D eigenvalue weighted by molar-refractivity contribution is -0.156. The minimum atomic E-state index is -0.585. The van der Waals surface area contributed by atoms with Crippen molar-refractivity contribution in [1.29, 1.82) is 0 Å². The molecule has 0 aliphatic rings. The summed E-state index contributed by atoms with van der Waals surface area (Å²) in [5, 5.41) is 0. The standard InChI is InChI=1S/C31H41NO4/c1-7-34-29(31(33)35-8-2)20-24-14-16-26(17-15-24)36-19-18-32-28(22(3)4)21-27(30(32)23(5)6)25-12-10-9-11-13-25/h9-17,21-23,29H,7-8,18-20H2,1-6H3/t29-/m0/s1. The van der Waals surface area contributed by atoms with E-state index in [0.29, 0.717) is 38.1 Å². The van der Waals surface area contributed by atoms with Gasteiger partial charge in [0.25, 0.3) is 0 Å². The molecular formula is C31H41NO4. The van der Waals surface area contributed by atoms with Crippen LogP contribution in [0, 0.1) is 0 Å². The van der Waals surface area contributed by atoms with Gasteiger partial charge in [-0.25, -0.2) is 4.79 Å². The molecule has 1 atom stereocenters. The lowest BCUT2D eigenvalue weighted by Gasteiger charge is -2.19. The van der Waals surface area contributed by atoms with E-state index in [4.69, 9.17) is 14.2 Å². The Kier molecular flexibility index (Phi) is 10.2. The van der Waals surface area contributed by atoms with Crippen molar-refractivity contribution in [3.63, 3.8) is 0 Å². The number of carbonyl (C=O) groups excluding carboxylic acids is 1. The predicted octanol–water partition coefficient (Wildman–Crippen LogP) is 6.99. The second-order valence-corrected chi connectivity index (χ2v) is 9.59. The van der Waals surface area contributed by atoms with Crippen LogP contribution in [0.1, 0.15) is 70.3 Å². The number of aromatic nitrogens is 1. The summed E-state index contributed by atoms with van der Waals surface area (Å²) in [5.41, 5.74) is 6.26. The maximum absolute atomic E-state index is 12.1. The molecule has 0 amide bonds. The number of hydrogen-bond acceptors (Lipinski definition) is 4. The zero-order valence-corrected chi connectivity index (χ0v) is 22.6. The highest BCUT2D eigenvalue weighted by molar-refractivity contribution is 5.75. The average molecular weight is 492 g/mol. The zero-order valence-electron chi connectivity index (χ0n) is 22.6. The molecule has 3 aromatic rings. The van der Waals surface area contributed by atoms with Gasteiger partial charge >= 0.3 is 5.97 Å². The van der Waals surface area contributed by atoms with Gasteiger partial charge in [-0.05, 0) is 55.0 Å². The van der Waals surface area contributed by atoms with Crippen molar-refractivity contribution in [3.05, 3.63) is 77.6 Å². The fourth-order valence-corrected chi connectivity index (χ4v) is 4.62. The summed E-state index contributed by atoms with van der Waals surface area (Å²) in [6.45, 7) is 14.9. The topological polar surface area (TPSA) is 49.7 Å². The van der Waals surface area contributed by atoms with Gasteiger partial charge < -0.3 is 18.8 Å². The number of nitrogens with zero attached hydrogens (tertiary/aromatic N) is 1. The molecule has 0 saturated carbocycles. The molecule has 0 saturated heterocycles. The number of esters is 1. The second kappa shape index (κ2) is 13.3.